The molecule has 0 rings (SSSR count). The summed E-state index contributed by atoms with van der Waals surface area (Å²) in [5.74, 6) is 0. The summed E-state index contributed by atoms with van der Waals surface area (Å²) in [5, 5.41) is 0. The summed E-state index contributed by atoms with van der Waals surface area (Å²) >= 11 is 4.79. The Labute approximate surface area is 58.9 Å². The Bertz CT molecular complexity index is 45.3. The molecule has 0 fully saturated rings. The number of rotatable bonds is 4. The fourth-order valence-electron chi connectivity index (χ4n) is 0.323. The van der Waals surface area contributed by atoms with Crippen LogP contribution >= 0.6 is 22.7 Å². The van der Waals surface area contributed by atoms with Crippen molar-refractivity contribution in [1.82, 2.24) is 0 Å². The summed E-state index contributed by atoms with van der Waals surface area (Å²) in [4.78, 5) is 0. The third-order valence-corrected chi connectivity index (χ3v) is 1.20. The van der Waals surface area contributed by atoms with Gasteiger partial charge in [-0.25, -0.2) is 0 Å². The molecule has 0 heterocycles. The van der Waals surface area contributed by atoms with E-state index in [1.807, 2.05) is 13.8 Å². The Balaban J connectivity index is 2.92. The number of ether oxygens (including phenoxy) is 1. The molecule has 0 amide bonds. The van der Waals surface area contributed by atoms with Crippen LogP contribution in [0.4, 0.5) is 0 Å². The summed E-state index contributed by atoms with van der Waals surface area (Å²) in [6, 6.07) is 0. The second-order valence-electron chi connectivity index (χ2n) is 1.19. The van der Waals surface area contributed by atoms with Crippen LogP contribution in [0.15, 0.2) is 0 Å². The normalized spacial score (nSPS) is 13.9. The van der Waals surface area contributed by atoms with Crippen molar-refractivity contribution in [3.05, 3.63) is 0 Å². The molecule has 8 heavy (non-hydrogen) atoms. The van der Waals surface area contributed by atoms with E-state index in [0.29, 0.717) is 6.61 Å². The van der Waals surface area contributed by atoms with Gasteiger partial charge >= 0.3 is 0 Å². The minimum absolute atomic E-state index is 0.150. The topological polar surface area (TPSA) is 18.5 Å². The lowest BCUT2D eigenvalue weighted by Crippen LogP contribution is -2.07. The number of thiol groups is 1. The second kappa shape index (κ2) is 5.75. The first-order valence-corrected chi connectivity index (χ1v) is 4.19. The van der Waals surface area contributed by atoms with Crippen LogP contribution in [-0.2, 0) is 8.92 Å². The van der Waals surface area contributed by atoms with Gasteiger partial charge in [0, 0.05) is 6.61 Å². The number of hydrogen-bond acceptors (Lipinski definition) is 4. The summed E-state index contributed by atoms with van der Waals surface area (Å²) < 4.78 is 9.83. The first-order valence-electron chi connectivity index (χ1n) is 2.39. The summed E-state index contributed by atoms with van der Waals surface area (Å²) in [6.45, 7) is 4.42. The Morgan fingerprint density at radius 2 is 2.38 bits per heavy atom. The van der Waals surface area contributed by atoms with Gasteiger partial charge in [-0.2, -0.15) is 0 Å². The minimum Gasteiger partial charge on any atom is -0.352 e. The quantitative estimate of drug-likeness (QED) is 0.289. The maximum Gasteiger partial charge on any atom is 0.168 e. The predicted octanol–water partition coefficient (Wildman–Crippen LogP) is 1.88. The van der Waals surface area contributed by atoms with Gasteiger partial charge in [-0.3, -0.25) is 4.18 Å². The maximum absolute atomic E-state index is 4.99. The molecule has 1 unspecified atom stereocenters. The van der Waals surface area contributed by atoms with Gasteiger partial charge in [0.15, 0.2) is 6.29 Å². The zero-order valence-electron chi connectivity index (χ0n) is 4.96. The maximum atomic E-state index is 4.99. The van der Waals surface area contributed by atoms with Crippen molar-refractivity contribution in [2.24, 2.45) is 0 Å². The molecule has 0 N–H and O–H groups in total. The molecule has 0 aromatic heterocycles. The van der Waals surface area contributed by atoms with Gasteiger partial charge in [-0.1, -0.05) is 11.7 Å². The standard InChI is InChI=1S/C4H10O2S2/c1-3-5-4(2)6-8-7/h4,7H,3H2,1-2H3. The van der Waals surface area contributed by atoms with E-state index >= 15 is 0 Å². The summed E-state index contributed by atoms with van der Waals surface area (Å²) in [7, 11) is 0. The van der Waals surface area contributed by atoms with Gasteiger partial charge in [0.1, 0.15) is 0 Å². The van der Waals surface area contributed by atoms with E-state index in [0.717, 1.165) is 11.1 Å². The highest BCUT2D eigenvalue weighted by Gasteiger charge is 1.96. The fraction of sp³-hybridized carbons (Fsp3) is 1.00. The van der Waals surface area contributed by atoms with E-state index in [9.17, 15) is 0 Å². The Morgan fingerprint density at radius 1 is 1.75 bits per heavy atom. The largest absolute Gasteiger partial charge is 0.352 e. The smallest absolute Gasteiger partial charge is 0.168 e. The van der Waals surface area contributed by atoms with Gasteiger partial charge in [0.25, 0.3) is 0 Å². The van der Waals surface area contributed by atoms with Crippen LogP contribution < -0.4 is 0 Å². The Hall–Kier alpha value is 0.620. The molecule has 0 aliphatic rings. The van der Waals surface area contributed by atoms with Crippen molar-refractivity contribution >= 4 is 22.7 Å². The molecule has 0 aromatic rings. The van der Waals surface area contributed by atoms with Crippen molar-refractivity contribution < 1.29 is 8.92 Å². The zero-order valence-corrected chi connectivity index (χ0v) is 6.67. The number of hydrogen-bond donors (Lipinski definition) is 1. The predicted molar refractivity (Wildman–Crippen MR) is 38.8 cm³/mol. The first-order chi connectivity index (χ1) is 3.81. The van der Waals surface area contributed by atoms with Crippen molar-refractivity contribution in [3.8, 4) is 0 Å². The lowest BCUT2D eigenvalue weighted by molar-refractivity contribution is -0.0483. The summed E-state index contributed by atoms with van der Waals surface area (Å²) in [5.41, 5.74) is 0. The van der Waals surface area contributed by atoms with Gasteiger partial charge in [0.05, 0.1) is 11.1 Å². The third-order valence-electron chi connectivity index (χ3n) is 0.580. The average molecular weight is 154 g/mol. The molecule has 0 spiro atoms. The van der Waals surface area contributed by atoms with Crippen LogP contribution in [0.5, 0.6) is 0 Å². The van der Waals surface area contributed by atoms with Crippen molar-refractivity contribution in [1.29, 1.82) is 0 Å². The minimum atomic E-state index is -0.150. The van der Waals surface area contributed by atoms with Crippen LogP contribution in [0, 0.1) is 0 Å². The molecule has 0 saturated heterocycles. The Kier molecular flexibility index (Phi) is 6.20. The molecule has 0 saturated carbocycles. The average Bonchev–Trinajstić information content (AvgIpc) is 1.68. The molecule has 0 bridgehead atoms. The second-order valence-corrected chi connectivity index (χ2v) is 1.98. The van der Waals surface area contributed by atoms with Gasteiger partial charge < -0.3 is 4.74 Å². The molecule has 50 valence electrons. The van der Waals surface area contributed by atoms with E-state index in [2.05, 4.69) is 11.7 Å². The fourth-order valence-corrected chi connectivity index (χ4v) is 0.863. The molecular weight excluding hydrogens is 144 g/mol. The molecule has 0 radical (unpaired) electrons. The van der Waals surface area contributed by atoms with E-state index < -0.39 is 0 Å². The van der Waals surface area contributed by atoms with Crippen LogP contribution in [0.25, 0.3) is 0 Å². The van der Waals surface area contributed by atoms with E-state index in [1.54, 1.807) is 0 Å². The lowest BCUT2D eigenvalue weighted by Gasteiger charge is -2.07. The molecule has 2 nitrogen and oxygen atoms in total. The van der Waals surface area contributed by atoms with Gasteiger partial charge in [-0.05, 0) is 13.8 Å². The van der Waals surface area contributed by atoms with E-state index in [-0.39, 0.29) is 6.29 Å². The molecule has 0 aromatic carbocycles. The highest BCUT2D eigenvalue weighted by Crippen LogP contribution is 2.10. The highest BCUT2D eigenvalue weighted by molar-refractivity contribution is 8.66. The van der Waals surface area contributed by atoms with Gasteiger partial charge in [0.2, 0.25) is 0 Å². The monoisotopic (exact) mass is 154 g/mol. The molecule has 0 aliphatic heterocycles. The summed E-state index contributed by atoms with van der Waals surface area (Å²) in [6.07, 6.45) is -0.150. The van der Waals surface area contributed by atoms with E-state index in [1.165, 1.54) is 0 Å². The Morgan fingerprint density at radius 3 is 2.75 bits per heavy atom. The van der Waals surface area contributed by atoms with Crippen LogP contribution in [0.3, 0.4) is 0 Å². The van der Waals surface area contributed by atoms with Gasteiger partial charge in [-0.15, -0.1) is 0 Å². The van der Waals surface area contributed by atoms with Crippen LogP contribution in [0.2, 0.25) is 0 Å². The van der Waals surface area contributed by atoms with Crippen LogP contribution in [0.1, 0.15) is 13.8 Å². The molecule has 1 atom stereocenters. The zero-order chi connectivity index (χ0) is 6.41. The molecule has 4 heteroatoms. The van der Waals surface area contributed by atoms with E-state index in [4.69, 9.17) is 8.92 Å². The SMILES string of the molecule is CCOC(C)OSS. The molecular formula is C4H10O2S2. The highest BCUT2D eigenvalue weighted by atomic mass is 33.1. The first kappa shape index (κ1) is 8.62. The molecule has 0 aliphatic carbocycles. The van der Waals surface area contributed by atoms with Crippen molar-refractivity contribution in [2.75, 3.05) is 6.61 Å². The van der Waals surface area contributed by atoms with Crippen molar-refractivity contribution in [2.45, 2.75) is 20.1 Å². The lowest BCUT2D eigenvalue weighted by atomic mass is 10.7. The third kappa shape index (κ3) is 4.77. The van der Waals surface area contributed by atoms with Crippen LogP contribution in [-0.4, -0.2) is 12.9 Å². The van der Waals surface area contributed by atoms with Crippen molar-refractivity contribution in [3.63, 3.8) is 0 Å².